The van der Waals surface area contributed by atoms with Crippen molar-refractivity contribution < 1.29 is 13.6 Å². The smallest absolute Gasteiger partial charge is 0.220 e. The van der Waals surface area contributed by atoms with Crippen molar-refractivity contribution in [2.45, 2.75) is 37.3 Å². The van der Waals surface area contributed by atoms with Gasteiger partial charge in [0.15, 0.2) is 0 Å². The Kier molecular flexibility index (Phi) is 4.49. The molecular weight excluding hydrogens is 334 g/mol. The van der Waals surface area contributed by atoms with Crippen molar-refractivity contribution in [1.82, 2.24) is 10.2 Å². The molecule has 0 unspecified atom stereocenters. The molecule has 1 N–H and O–H groups in total. The Bertz CT molecular complexity index is 811. The molecule has 136 valence electrons. The molecule has 3 nitrogen and oxygen atoms in total. The lowest BCUT2D eigenvalue weighted by molar-refractivity contribution is -0.125. The van der Waals surface area contributed by atoms with Gasteiger partial charge in [0.1, 0.15) is 11.6 Å². The first-order valence-corrected chi connectivity index (χ1v) is 9.08. The zero-order chi connectivity index (χ0) is 18.1. The van der Waals surface area contributed by atoms with Gasteiger partial charge in [-0.05, 0) is 42.2 Å². The van der Waals surface area contributed by atoms with E-state index in [1.54, 1.807) is 0 Å². The van der Waals surface area contributed by atoms with Crippen LogP contribution in [0.1, 0.15) is 36.3 Å². The standard InChI is InChI=1S/C21H22F2N2O/c22-16-8-9-19(23)17(11-16)18-13-25(12-15-5-2-1-3-6-15)14-21(18)10-4-7-20(26)24-21/h1-3,5-6,8-9,11,18H,4,7,10,12-14H2,(H,24,26)/t18-,21+/m0/s1. The van der Waals surface area contributed by atoms with E-state index in [0.29, 0.717) is 25.1 Å². The van der Waals surface area contributed by atoms with E-state index in [1.165, 1.54) is 17.7 Å². The maximum Gasteiger partial charge on any atom is 0.220 e. The minimum absolute atomic E-state index is 0.000350. The monoisotopic (exact) mass is 356 g/mol. The van der Waals surface area contributed by atoms with Crippen LogP contribution in [0, 0.1) is 11.6 Å². The fourth-order valence-electron chi connectivity index (χ4n) is 4.49. The Morgan fingerprint density at radius 2 is 1.96 bits per heavy atom. The van der Waals surface area contributed by atoms with Gasteiger partial charge in [-0.15, -0.1) is 0 Å². The largest absolute Gasteiger partial charge is 0.349 e. The SMILES string of the molecule is O=C1CCC[C@]2(CN(Cc3ccccc3)C[C@H]2c2cc(F)ccc2F)N1. The van der Waals surface area contributed by atoms with Gasteiger partial charge in [0, 0.05) is 32.0 Å². The molecule has 2 fully saturated rings. The van der Waals surface area contributed by atoms with Gasteiger partial charge >= 0.3 is 0 Å². The van der Waals surface area contributed by atoms with Crippen LogP contribution in [0.5, 0.6) is 0 Å². The molecule has 2 atom stereocenters. The van der Waals surface area contributed by atoms with E-state index < -0.39 is 17.2 Å². The third-order valence-corrected chi connectivity index (χ3v) is 5.61. The van der Waals surface area contributed by atoms with Crippen molar-refractivity contribution in [2.24, 2.45) is 0 Å². The van der Waals surface area contributed by atoms with Crippen molar-refractivity contribution in [1.29, 1.82) is 0 Å². The van der Waals surface area contributed by atoms with Crippen molar-refractivity contribution in [3.63, 3.8) is 0 Å². The van der Waals surface area contributed by atoms with Crippen LogP contribution in [0.3, 0.4) is 0 Å². The van der Waals surface area contributed by atoms with Crippen LogP contribution < -0.4 is 5.32 Å². The van der Waals surface area contributed by atoms with Crippen molar-refractivity contribution >= 4 is 5.91 Å². The molecule has 0 aromatic heterocycles. The highest BCUT2D eigenvalue weighted by Crippen LogP contribution is 2.42. The summed E-state index contributed by atoms with van der Waals surface area (Å²) < 4.78 is 28.3. The van der Waals surface area contributed by atoms with Crippen LogP contribution in [0.15, 0.2) is 48.5 Å². The summed E-state index contributed by atoms with van der Waals surface area (Å²) in [6.07, 6.45) is 2.06. The maximum atomic E-state index is 14.5. The zero-order valence-electron chi connectivity index (χ0n) is 14.6. The lowest BCUT2D eigenvalue weighted by Gasteiger charge is -2.39. The average molecular weight is 356 g/mol. The minimum atomic E-state index is -0.529. The molecule has 2 saturated heterocycles. The lowest BCUT2D eigenvalue weighted by Crippen LogP contribution is -2.56. The number of halogens is 2. The molecule has 2 aliphatic rings. The highest BCUT2D eigenvalue weighted by Gasteiger charge is 2.50. The van der Waals surface area contributed by atoms with Gasteiger partial charge in [0.2, 0.25) is 5.91 Å². The van der Waals surface area contributed by atoms with Gasteiger partial charge < -0.3 is 5.32 Å². The van der Waals surface area contributed by atoms with Crippen LogP contribution >= 0.6 is 0 Å². The molecule has 0 radical (unpaired) electrons. The number of carbonyl (C=O) groups is 1. The molecule has 5 heteroatoms. The van der Waals surface area contributed by atoms with E-state index in [1.807, 2.05) is 18.2 Å². The Balaban J connectivity index is 1.67. The number of likely N-dealkylation sites (tertiary alicyclic amines) is 1. The summed E-state index contributed by atoms with van der Waals surface area (Å²) in [7, 11) is 0. The Morgan fingerprint density at radius 1 is 1.15 bits per heavy atom. The van der Waals surface area contributed by atoms with Gasteiger partial charge in [-0.1, -0.05) is 30.3 Å². The van der Waals surface area contributed by atoms with E-state index in [4.69, 9.17) is 0 Å². The lowest BCUT2D eigenvalue weighted by atomic mass is 9.76. The number of amides is 1. The van der Waals surface area contributed by atoms with Gasteiger partial charge in [0.05, 0.1) is 5.54 Å². The number of hydrogen-bond acceptors (Lipinski definition) is 2. The molecular formula is C21H22F2N2O. The van der Waals surface area contributed by atoms with Crippen molar-refractivity contribution in [3.05, 3.63) is 71.3 Å². The Labute approximate surface area is 152 Å². The quantitative estimate of drug-likeness (QED) is 0.911. The molecule has 0 bridgehead atoms. The summed E-state index contributed by atoms with van der Waals surface area (Å²) in [6.45, 7) is 1.97. The van der Waals surface area contributed by atoms with Crippen LogP contribution in [-0.4, -0.2) is 29.4 Å². The number of benzene rings is 2. The highest BCUT2D eigenvalue weighted by molar-refractivity contribution is 5.78. The molecule has 2 heterocycles. The Morgan fingerprint density at radius 3 is 2.73 bits per heavy atom. The van der Waals surface area contributed by atoms with Crippen LogP contribution in [-0.2, 0) is 11.3 Å². The summed E-state index contributed by atoms with van der Waals surface area (Å²) in [5, 5.41) is 3.13. The second-order valence-electron chi connectivity index (χ2n) is 7.43. The molecule has 0 aliphatic carbocycles. The second kappa shape index (κ2) is 6.80. The molecule has 2 aliphatic heterocycles. The second-order valence-corrected chi connectivity index (χ2v) is 7.43. The minimum Gasteiger partial charge on any atom is -0.349 e. The van der Waals surface area contributed by atoms with E-state index in [-0.39, 0.29) is 11.8 Å². The topological polar surface area (TPSA) is 32.3 Å². The maximum absolute atomic E-state index is 14.5. The summed E-state index contributed by atoms with van der Waals surface area (Å²) >= 11 is 0. The summed E-state index contributed by atoms with van der Waals surface area (Å²) in [5.74, 6) is -1.11. The first kappa shape index (κ1) is 17.2. The average Bonchev–Trinajstić information content (AvgIpc) is 2.94. The molecule has 1 spiro atoms. The van der Waals surface area contributed by atoms with E-state index in [2.05, 4.69) is 22.3 Å². The van der Waals surface area contributed by atoms with E-state index in [9.17, 15) is 13.6 Å². The van der Waals surface area contributed by atoms with Crippen LogP contribution in [0.2, 0.25) is 0 Å². The van der Waals surface area contributed by atoms with Gasteiger partial charge in [-0.3, -0.25) is 9.69 Å². The Hall–Kier alpha value is -2.27. The van der Waals surface area contributed by atoms with Crippen LogP contribution in [0.4, 0.5) is 8.78 Å². The molecule has 26 heavy (non-hydrogen) atoms. The summed E-state index contributed by atoms with van der Waals surface area (Å²) in [5.41, 5.74) is 1.01. The normalized spacial score (nSPS) is 26.2. The van der Waals surface area contributed by atoms with Gasteiger partial charge in [-0.25, -0.2) is 8.78 Å². The fraction of sp³-hybridized carbons (Fsp3) is 0.381. The molecule has 4 rings (SSSR count). The summed E-state index contributed by atoms with van der Waals surface area (Å²) in [4.78, 5) is 14.4. The predicted octanol–water partition coefficient (Wildman–Crippen LogP) is 3.60. The highest BCUT2D eigenvalue weighted by atomic mass is 19.1. The molecule has 0 saturated carbocycles. The van der Waals surface area contributed by atoms with Crippen molar-refractivity contribution in [3.8, 4) is 0 Å². The zero-order valence-corrected chi connectivity index (χ0v) is 14.6. The first-order valence-electron chi connectivity index (χ1n) is 9.08. The third kappa shape index (κ3) is 3.23. The third-order valence-electron chi connectivity index (χ3n) is 5.61. The predicted molar refractivity (Wildman–Crippen MR) is 95.5 cm³/mol. The number of nitrogens with one attached hydrogen (secondary N) is 1. The molecule has 2 aromatic carbocycles. The number of nitrogens with zero attached hydrogens (tertiary/aromatic N) is 1. The number of piperidine rings is 1. The van der Waals surface area contributed by atoms with E-state index >= 15 is 0 Å². The summed E-state index contributed by atoms with van der Waals surface area (Å²) in [6, 6.07) is 13.7. The van der Waals surface area contributed by atoms with Crippen molar-refractivity contribution in [2.75, 3.05) is 13.1 Å². The molecule has 1 amide bonds. The van der Waals surface area contributed by atoms with Crippen LogP contribution in [0.25, 0.3) is 0 Å². The van der Waals surface area contributed by atoms with Gasteiger partial charge in [0.25, 0.3) is 0 Å². The first-order chi connectivity index (χ1) is 12.6. The number of carbonyl (C=O) groups excluding carboxylic acids is 1. The van der Waals surface area contributed by atoms with Gasteiger partial charge in [-0.2, -0.15) is 0 Å². The fourth-order valence-corrected chi connectivity index (χ4v) is 4.49. The van der Waals surface area contributed by atoms with E-state index in [0.717, 1.165) is 25.5 Å². The molecule has 2 aromatic rings. The number of hydrogen-bond donors (Lipinski definition) is 1. The number of rotatable bonds is 3.